The van der Waals surface area contributed by atoms with Gasteiger partial charge in [0.2, 0.25) is 0 Å². The summed E-state index contributed by atoms with van der Waals surface area (Å²) in [5.74, 6) is -1.91. The van der Waals surface area contributed by atoms with Gasteiger partial charge in [-0.2, -0.15) is 0 Å². The van der Waals surface area contributed by atoms with E-state index in [2.05, 4.69) is 15.6 Å². The maximum absolute atomic E-state index is 13.5. The van der Waals surface area contributed by atoms with Gasteiger partial charge in [-0.3, -0.25) is 0 Å². The van der Waals surface area contributed by atoms with Crippen LogP contribution in [0.3, 0.4) is 0 Å². The van der Waals surface area contributed by atoms with Crippen molar-refractivity contribution in [1.82, 2.24) is 10.3 Å². The molecule has 6 nitrogen and oxygen atoms in total. The highest BCUT2D eigenvalue weighted by Gasteiger charge is 2.11. The molecule has 104 valence electrons. The molecule has 20 heavy (non-hydrogen) atoms. The molecule has 0 saturated carbocycles. The Hall–Kier alpha value is -2.48. The van der Waals surface area contributed by atoms with Gasteiger partial charge in [-0.15, -0.1) is 11.3 Å². The van der Waals surface area contributed by atoms with Crippen molar-refractivity contribution < 1.29 is 19.1 Å². The Balaban J connectivity index is 2.00. The van der Waals surface area contributed by atoms with Crippen LogP contribution in [0.4, 0.5) is 14.9 Å². The number of nitrogens with one attached hydrogen (secondary N) is 2. The molecule has 0 spiro atoms. The number of benzene rings is 1. The number of carboxylic acid groups (broad SMARTS) is 1. The topological polar surface area (TPSA) is 91.3 Å². The molecule has 1 heterocycles. The molecule has 0 bridgehead atoms. The lowest BCUT2D eigenvalue weighted by Crippen LogP contribution is -2.28. The van der Waals surface area contributed by atoms with E-state index in [1.165, 1.54) is 11.3 Å². The van der Waals surface area contributed by atoms with Crippen molar-refractivity contribution in [3.8, 4) is 0 Å². The molecule has 0 fully saturated rings. The summed E-state index contributed by atoms with van der Waals surface area (Å²) in [6.45, 7) is 0.212. The molecule has 0 saturated heterocycles. The average Bonchev–Trinajstić information content (AvgIpc) is 2.92. The van der Waals surface area contributed by atoms with Crippen LogP contribution in [0.1, 0.15) is 15.4 Å². The SMILES string of the molecule is O=C(NCc1nccs1)Nc1cc(C(=O)O)ccc1F. The van der Waals surface area contributed by atoms with E-state index in [-0.39, 0.29) is 17.8 Å². The third-order valence-corrected chi connectivity index (χ3v) is 3.12. The fourth-order valence-electron chi connectivity index (χ4n) is 1.42. The number of amides is 2. The highest BCUT2D eigenvalue weighted by Crippen LogP contribution is 2.16. The molecule has 0 unspecified atom stereocenters. The van der Waals surface area contributed by atoms with Crippen LogP contribution in [0, 0.1) is 5.82 Å². The first kappa shape index (κ1) is 13.9. The normalized spacial score (nSPS) is 10.1. The van der Waals surface area contributed by atoms with Crippen molar-refractivity contribution in [2.75, 3.05) is 5.32 Å². The summed E-state index contributed by atoms with van der Waals surface area (Å²) in [5, 5.41) is 16.0. The number of anilines is 1. The second-order valence-corrected chi connectivity index (χ2v) is 4.71. The van der Waals surface area contributed by atoms with Gasteiger partial charge in [-0.25, -0.2) is 19.0 Å². The Kier molecular flexibility index (Phi) is 4.26. The number of hydrogen-bond donors (Lipinski definition) is 3. The summed E-state index contributed by atoms with van der Waals surface area (Å²) in [6.07, 6.45) is 1.61. The van der Waals surface area contributed by atoms with Gasteiger partial charge >= 0.3 is 12.0 Å². The zero-order valence-electron chi connectivity index (χ0n) is 10.1. The van der Waals surface area contributed by atoms with Gasteiger partial charge in [0.1, 0.15) is 10.8 Å². The summed E-state index contributed by atoms with van der Waals surface area (Å²) in [7, 11) is 0. The van der Waals surface area contributed by atoms with Crippen LogP contribution in [-0.4, -0.2) is 22.1 Å². The molecule has 0 atom stereocenters. The molecule has 2 rings (SSSR count). The number of urea groups is 1. The first-order chi connectivity index (χ1) is 9.56. The summed E-state index contributed by atoms with van der Waals surface area (Å²) in [4.78, 5) is 26.3. The standard InChI is InChI=1S/C12H10FN3O3S/c13-8-2-1-7(11(17)18)5-9(8)16-12(19)15-6-10-14-3-4-20-10/h1-5H,6H2,(H,17,18)(H2,15,16,19). The van der Waals surface area contributed by atoms with E-state index in [0.717, 1.165) is 18.2 Å². The fraction of sp³-hybridized carbons (Fsp3) is 0.0833. The van der Waals surface area contributed by atoms with Crippen LogP contribution < -0.4 is 10.6 Å². The summed E-state index contributed by atoms with van der Waals surface area (Å²) >= 11 is 1.38. The second kappa shape index (κ2) is 6.11. The minimum absolute atomic E-state index is 0.110. The molecule has 1 aromatic carbocycles. The zero-order chi connectivity index (χ0) is 14.5. The Morgan fingerprint density at radius 1 is 1.40 bits per heavy atom. The molecular weight excluding hydrogens is 285 g/mol. The number of carboxylic acids is 1. The van der Waals surface area contributed by atoms with E-state index in [1.54, 1.807) is 11.6 Å². The minimum atomic E-state index is -1.20. The predicted molar refractivity (Wildman–Crippen MR) is 71.3 cm³/mol. The third kappa shape index (κ3) is 3.51. The summed E-state index contributed by atoms with van der Waals surface area (Å²) < 4.78 is 13.5. The lowest BCUT2D eigenvalue weighted by atomic mass is 10.2. The highest BCUT2D eigenvalue weighted by molar-refractivity contribution is 7.09. The van der Waals surface area contributed by atoms with Gasteiger partial charge in [0, 0.05) is 11.6 Å². The first-order valence-corrected chi connectivity index (χ1v) is 6.40. The molecule has 0 radical (unpaired) electrons. The molecule has 3 N–H and O–H groups in total. The number of nitrogens with zero attached hydrogens (tertiary/aromatic N) is 1. The third-order valence-electron chi connectivity index (χ3n) is 2.35. The van der Waals surface area contributed by atoms with E-state index >= 15 is 0 Å². The van der Waals surface area contributed by atoms with Gasteiger partial charge in [-0.05, 0) is 18.2 Å². The van der Waals surface area contributed by atoms with Gasteiger partial charge in [0.15, 0.2) is 0 Å². The van der Waals surface area contributed by atoms with Gasteiger partial charge in [-0.1, -0.05) is 0 Å². The van der Waals surface area contributed by atoms with Crippen LogP contribution in [0.25, 0.3) is 0 Å². The van der Waals surface area contributed by atoms with Gasteiger partial charge in [0.25, 0.3) is 0 Å². The van der Waals surface area contributed by atoms with Crippen LogP contribution in [0.15, 0.2) is 29.8 Å². The van der Waals surface area contributed by atoms with Crippen molar-refractivity contribution in [3.05, 3.63) is 46.2 Å². The predicted octanol–water partition coefficient (Wildman–Crippen LogP) is 2.30. The lowest BCUT2D eigenvalue weighted by Gasteiger charge is -2.08. The Bertz CT molecular complexity index is 631. The van der Waals surface area contributed by atoms with Crippen LogP contribution in [0.5, 0.6) is 0 Å². The van der Waals surface area contributed by atoms with E-state index in [9.17, 15) is 14.0 Å². The summed E-state index contributed by atoms with van der Waals surface area (Å²) in [5.41, 5.74) is -0.303. The molecule has 1 aromatic heterocycles. The number of hydrogen-bond acceptors (Lipinski definition) is 4. The number of rotatable bonds is 4. The largest absolute Gasteiger partial charge is 0.478 e. The van der Waals surface area contributed by atoms with E-state index in [4.69, 9.17) is 5.11 Å². The lowest BCUT2D eigenvalue weighted by molar-refractivity contribution is 0.0697. The Labute approximate surface area is 117 Å². The number of halogens is 1. The molecule has 2 aromatic rings. The Morgan fingerprint density at radius 3 is 2.85 bits per heavy atom. The minimum Gasteiger partial charge on any atom is -0.478 e. The molecule has 2 amide bonds. The van der Waals surface area contributed by atoms with Crippen molar-refractivity contribution in [2.24, 2.45) is 0 Å². The van der Waals surface area contributed by atoms with Crippen molar-refractivity contribution >= 4 is 29.0 Å². The number of carbonyl (C=O) groups is 2. The second-order valence-electron chi connectivity index (χ2n) is 3.73. The first-order valence-electron chi connectivity index (χ1n) is 5.52. The number of carbonyl (C=O) groups excluding carboxylic acids is 1. The van der Waals surface area contributed by atoms with Crippen molar-refractivity contribution in [1.29, 1.82) is 0 Å². The van der Waals surface area contributed by atoms with Crippen molar-refractivity contribution in [3.63, 3.8) is 0 Å². The van der Waals surface area contributed by atoms with Crippen LogP contribution in [-0.2, 0) is 6.54 Å². The van der Waals surface area contributed by atoms with Crippen molar-refractivity contribution in [2.45, 2.75) is 6.54 Å². The van der Waals surface area contributed by atoms with Gasteiger partial charge < -0.3 is 15.7 Å². The molecule has 0 aliphatic carbocycles. The molecule has 8 heteroatoms. The average molecular weight is 295 g/mol. The highest BCUT2D eigenvalue weighted by atomic mass is 32.1. The summed E-state index contributed by atoms with van der Waals surface area (Å²) in [6, 6.07) is 2.53. The zero-order valence-corrected chi connectivity index (χ0v) is 10.9. The molecule has 0 aliphatic heterocycles. The van der Waals surface area contributed by atoms with Crippen LogP contribution >= 0.6 is 11.3 Å². The maximum Gasteiger partial charge on any atom is 0.335 e. The number of thiazole rings is 1. The Morgan fingerprint density at radius 2 is 2.20 bits per heavy atom. The number of aromatic carboxylic acids is 1. The quantitative estimate of drug-likeness (QED) is 0.807. The molecular formula is C12H10FN3O3S. The fourth-order valence-corrected chi connectivity index (χ4v) is 1.97. The van der Waals surface area contributed by atoms with Gasteiger partial charge in [0.05, 0.1) is 17.8 Å². The monoisotopic (exact) mass is 295 g/mol. The van der Waals surface area contributed by atoms with E-state index in [0.29, 0.717) is 5.01 Å². The molecule has 0 aliphatic rings. The maximum atomic E-state index is 13.5. The van der Waals surface area contributed by atoms with Crippen LogP contribution in [0.2, 0.25) is 0 Å². The smallest absolute Gasteiger partial charge is 0.335 e. The van der Waals surface area contributed by atoms with E-state index in [1.807, 2.05) is 0 Å². The number of aromatic nitrogens is 1. The van der Waals surface area contributed by atoms with E-state index < -0.39 is 17.8 Å².